The van der Waals surface area contributed by atoms with Crippen LogP contribution in [-0.2, 0) is 0 Å². The number of piperidine rings is 1. The molecular weight excluding hydrogens is 385 g/mol. The van der Waals surface area contributed by atoms with E-state index in [9.17, 15) is 4.39 Å². The van der Waals surface area contributed by atoms with Gasteiger partial charge in [-0.1, -0.05) is 23.5 Å². The summed E-state index contributed by atoms with van der Waals surface area (Å²) in [5.74, 6) is 0.503. The quantitative estimate of drug-likeness (QED) is 0.453. The van der Waals surface area contributed by atoms with Crippen LogP contribution in [0, 0.1) is 5.82 Å². The highest BCUT2D eigenvalue weighted by atomic mass is 32.1. The average molecular weight is 414 g/mol. The maximum Gasteiger partial charge on any atom is 0.187 e. The molecular formula is C23H28FN3OS. The molecule has 6 heteroatoms. The number of unbranched alkanes of at least 4 members (excludes halogenated alkanes) is 1. The number of aromatic nitrogens is 1. The second-order valence-corrected chi connectivity index (χ2v) is 8.61. The van der Waals surface area contributed by atoms with Gasteiger partial charge in [0.05, 0.1) is 23.0 Å². The van der Waals surface area contributed by atoms with E-state index in [0.717, 1.165) is 42.3 Å². The summed E-state index contributed by atoms with van der Waals surface area (Å²) >= 11 is 1.77. The van der Waals surface area contributed by atoms with E-state index in [1.165, 1.54) is 36.1 Å². The van der Waals surface area contributed by atoms with Gasteiger partial charge in [-0.3, -0.25) is 4.90 Å². The zero-order chi connectivity index (χ0) is 20.1. The van der Waals surface area contributed by atoms with Crippen LogP contribution in [0.25, 0.3) is 10.2 Å². The van der Waals surface area contributed by atoms with Crippen LogP contribution in [-0.4, -0.2) is 42.8 Å². The van der Waals surface area contributed by atoms with Gasteiger partial charge >= 0.3 is 0 Å². The number of thiazole rings is 1. The van der Waals surface area contributed by atoms with E-state index in [4.69, 9.17) is 9.72 Å². The molecule has 29 heavy (non-hydrogen) atoms. The van der Waals surface area contributed by atoms with Gasteiger partial charge in [0, 0.05) is 20.1 Å². The van der Waals surface area contributed by atoms with Crippen LogP contribution in [0.5, 0.6) is 5.75 Å². The lowest BCUT2D eigenvalue weighted by Gasteiger charge is -2.41. The van der Waals surface area contributed by atoms with Crippen LogP contribution < -0.4 is 9.64 Å². The standard InChI is InChI=1S/C23H28FN3OS/c1-26(23-25-20-8-2-3-9-21(20)29-23)22-10-4-5-15-27(22)16-6-7-17-28-19-13-11-18(24)12-14-19/h2-3,8-9,11-14,22H,4-7,10,15-17H2,1H3. The van der Waals surface area contributed by atoms with Gasteiger partial charge in [0.15, 0.2) is 5.13 Å². The Bertz CT molecular complexity index is 881. The average Bonchev–Trinajstić information content (AvgIpc) is 3.19. The van der Waals surface area contributed by atoms with Crippen molar-refractivity contribution >= 4 is 26.7 Å². The smallest absolute Gasteiger partial charge is 0.187 e. The van der Waals surface area contributed by atoms with Gasteiger partial charge in [0.2, 0.25) is 0 Å². The summed E-state index contributed by atoms with van der Waals surface area (Å²) in [6, 6.07) is 14.6. The molecule has 4 rings (SSSR count). The van der Waals surface area contributed by atoms with Gasteiger partial charge in [-0.2, -0.15) is 0 Å². The Morgan fingerprint density at radius 3 is 2.79 bits per heavy atom. The Balaban J connectivity index is 1.29. The minimum absolute atomic E-state index is 0.231. The van der Waals surface area contributed by atoms with Crippen LogP contribution in [0.4, 0.5) is 9.52 Å². The molecule has 0 N–H and O–H groups in total. The second kappa shape index (κ2) is 9.55. The van der Waals surface area contributed by atoms with Crippen LogP contribution in [0.15, 0.2) is 48.5 Å². The summed E-state index contributed by atoms with van der Waals surface area (Å²) in [5, 5.41) is 1.10. The van der Waals surface area contributed by atoms with Crippen molar-refractivity contribution in [1.82, 2.24) is 9.88 Å². The van der Waals surface area contributed by atoms with Crippen molar-refractivity contribution in [2.75, 3.05) is 31.6 Å². The fourth-order valence-electron chi connectivity index (χ4n) is 3.95. The highest BCUT2D eigenvalue weighted by Gasteiger charge is 2.27. The second-order valence-electron chi connectivity index (χ2n) is 7.60. The van der Waals surface area contributed by atoms with E-state index in [1.807, 2.05) is 6.07 Å². The van der Waals surface area contributed by atoms with Crippen LogP contribution in [0.3, 0.4) is 0 Å². The monoisotopic (exact) mass is 413 g/mol. The maximum absolute atomic E-state index is 13.0. The third kappa shape index (κ3) is 5.06. The minimum atomic E-state index is -0.231. The van der Waals surface area contributed by atoms with Gasteiger partial charge in [-0.15, -0.1) is 0 Å². The Labute approximate surface area is 175 Å². The maximum atomic E-state index is 13.0. The van der Waals surface area contributed by atoms with E-state index in [2.05, 4.69) is 35.0 Å². The third-order valence-corrected chi connectivity index (χ3v) is 6.66. The molecule has 1 aliphatic heterocycles. The van der Waals surface area contributed by atoms with Gasteiger partial charge in [0.1, 0.15) is 11.6 Å². The lowest BCUT2D eigenvalue weighted by Crippen LogP contribution is -2.50. The van der Waals surface area contributed by atoms with Crippen LogP contribution in [0.2, 0.25) is 0 Å². The number of fused-ring (bicyclic) bond motifs is 1. The van der Waals surface area contributed by atoms with E-state index >= 15 is 0 Å². The molecule has 1 unspecified atom stereocenters. The van der Waals surface area contributed by atoms with Crippen LogP contribution >= 0.6 is 11.3 Å². The lowest BCUT2D eigenvalue weighted by atomic mass is 10.1. The van der Waals surface area contributed by atoms with Crippen molar-refractivity contribution in [3.05, 3.63) is 54.3 Å². The van der Waals surface area contributed by atoms with E-state index in [1.54, 1.807) is 23.5 Å². The Kier molecular flexibility index (Phi) is 6.62. The summed E-state index contributed by atoms with van der Waals surface area (Å²) in [4.78, 5) is 9.79. The molecule has 1 aromatic heterocycles. The molecule has 2 heterocycles. The van der Waals surface area contributed by atoms with Gasteiger partial charge in [-0.25, -0.2) is 9.37 Å². The molecule has 0 amide bonds. The molecule has 0 bridgehead atoms. The summed E-state index contributed by atoms with van der Waals surface area (Å²) in [6.45, 7) is 2.86. The number of benzene rings is 2. The van der Waals surface area contributed by atoms with Crippen molar-refractivity contribution in [2.45, 2.75) is 38.3 Å². The number of para-hydroxylation sites is 1. The first kappa shape index (κ1) is 20.1. The number of rotatable bonds is 8. The van der Waals surface area contributed by atoms with Crippen molar-refractivity contribution in [1.29, 1.82) is 0 Å². The predicted octanol–water partition coefficient (Wildman–Crippen LogP) is 5.54. The molecule has 0 saturated carbocycles. The van der Waals surface area contributed by atoms with Crippen molar-refractivity contribution < 1.29 is 9.13 Å². The molecule has 1 aliphatic rings. The zero-order valence-corrected chi connectivity index (χ0v) is 17.7. The molecule has 0 aliphatic carbocycles. The number of halogens is 1. The normalized spacial score (nSPS) is 17.5. The highest BCUT2D eigenvalue weighted by molar-refractivity contribution is 7.22. The number of hydrogen-bond acceptors (Lipinski definition) is 5. The Hall–Kier alpha value is -2.18. The number of hydrogen-bond donors (Lipinski definition) is 0. The molecule has 1 atom stereocenters. The van der Waals surface area contributed by atoms with Gasteiger partial charge < -0.3 is 9.64 Å². The Morgan fingerprint density at radius 2 is 1.97 bits per heavy atom. The van der Waals surface area contributed by atoms with Gasteiger partial charge in [-0.05, 0) is 68.5 Å². The molecule has 4 nitrogen and oxygen atoms in total. The largest absolute Gasteiger partial charge is 0.494 e. The minimum Gasteiger partial charge on any atom is -0.494 e. The molecule has 1 fully saturated rings. The molecule has 2 aromatic carbocycles. The van der Waals surface area contributed by atoms with Crippen molar-refractivity contribution in [3.63, 3.8) is 0 Å². The summed E-state index contributed by atoms with van der Waals surface area (Å²) in [5.41, 5.74) is 1.08. The number of likely N-dealkylation sites (tertiary alicyclic amines) is 1. The molecule has 1 saturated heterocycles. The van der Waals surface area contributed by atoms with E-state index in [-0.39, 0.29) is 5.82 Å². The third-order valence-electron chi connectivity index (χ3n) is 5.53. The molecule has 0 spiro atoms. The molecule has 0 radical (unpaired) electrons. The SMILES string of the molecule is CN(c1nc2ccccc2s1)C1CCCCN1CCCCOc1ccc(F)cc1. The topological polar surface area (TPSA) is 28.6 Å². The summed E-state index contributed by atoms with van der Waals surface area (Å²) in [6.07, 6.45) is 6.19. The first-order valence-corrected chi connectivity index (χ1v) is 11.2. The number of nitrogens with zero attached hydrogens (tertiary/aromatic N) is 3. The Morgan fingerprint density at radius 1 is 1.14 bits per heavy atom. The number of anilines is 1. The van der Waals surface area contributed by atoms with Crippen molar-refractivity contribution in [2.24, 2.45) is 0 Å². The van der Waals surface area contributed by atoms with Gasteiger partial charge in [0.25, 0.3) is 0 Å². The van der Waals surface area contributed by atoms with Crippen molar-refractivity contribution in [3.8, 4) is 5.75 Å². The first-order chi connectivity index (χ1) is 14.2. The first-order valence-electron chi connectivity index (χ1n) is 10.4. The summed E-state index contributed by atoms with van der Waals surface area (Å²) < 4.78 is 19.9. The van der Waals surface area contributed by atoms with E-state index < -0.39 is 0 Å². The fourth-order valence-corrected chi connectivity index (χ4v) is 4.92. The van der Waals surface area contributed by atoms with E-state index in [0.29, 0.717) is 12.8 Å². The number of ether oxygens (including phenoxy) is 1. The molecule has 154 valence electrons. The predicted molar refractivity (Wildman–Crippen MR) is 118 cm³/mol. The fraction of sp³-hybridized carbons (Fsp3) is 0.435. The highest BCUT2D eigenvalue weighted by Crippen LogP contribution is 2.31. The summed E-state index contributed by atoms with van der Waals surface area (Å²) in [7, 11) is 2.18. The molecule has 3 aromatic rings. The van der Waals surface area contributed by atoms with Crippen LogP contribution in [0.1, 0.15) is 32.1 Å². The zero-order valence-electron chi connectivity index (χ0n) is 16.9. The lowest BCUT2D eigenvalue weighted by molar-refractivity contribution is 0.142.